The number of aliphatic carboxylic acids is 2. The van der Waals surface area contributed by atoms with E-state index in [2.05, 4.69) is 24.5 Å². The molecule has 1 aromatic carbocycles. The summed E-state index contributed by atoms with van der Waals surface area (Å²) in [6, 6.07) is 9.26. The Morgan fingerprint density at radius 1 is 1.12 bits per heavy atom. The Balaban J connectivity index is 0. The van der Waals surface area contributed by atoms with Crippen molar-refractivity contribution in [2.24, 2.45) is 0 Å². The van der Waals surface area contributed by atoms with Crippen molar-refractivity contribution in [1.82, 2.24) is 0 Å². The summed E-state index contributed by atoms with van der Waals surface area (Å²) < 4.78 is 9.58. The molecule has 0 aliphatic carbocycles. The number of para-hydroxylation sites is 1. The minimum Gasteiger partial charge on any atom is -0.493 e. The fraction of sp³-hybridized carbons (Fsp3) is 0.211. The Hall–Kier alpha value is -3.35. The molecular formula is C19H24O7. The first kappa shape index (κ1) is 24.9. The zero-order valence-corrected chi connectivity index (χ0v) is 14.9. The van der Waals surface area contributed by atoms with Crippen molar-refractivity contribution in [2.75, 3.05) is 13.7 Å². The molecule has 2 N–H and O–H groups in total. The zero-order chi connectivity index (χ0) is 20.5. The van der Waals surface area contributed by atoms with E-state index < -0.39 is 11.9 Å². The van der Waals surface area contributed by atoms with Gasteiger partial charge < -0.3 is 19.7 Å². The molecule has 0 fully saturated rings. The van der Waals surface area contributed by atoms with Crippen molar-refractivity contribution in [3.8, 4) is 5.75 Å². The second kappa shape index (κ2) is 15.2. The largest absolute Gasteiger partial charge is 0.493 e. The molecule has 7 heteroatoms. The fourth-order valence-electron chi connectivity index (χ4n) is 1.09. The molecule has 0 aliphatic heterocycles. The van der Waals surface area contributed by atoms with Crippen LogP contribution in [0.4, 0.5) is 0 Å². The van der Waals surface area contributed by atoms with Gasteiger partial charge in [0.15, 0.2) is 0 Å². The summed E-state index contributed by atoms with van der Waals surface area (Å²) in [5, 5.41) is 16.1. The maximum atomic E-state index is 10.4. The van der Waals surface area contributed by atoms with Crippen molar-refractivity contribution >= 4 is 17.9 Å². The van der Waals surface area contributed by atoms with Crippen LogP contribution in [0.1, 0.15) is 13.3 Å². The van der Waals surface area contributed by atoms with E-state index >= 15 is 0 Å². The molecular weight excluding hydrogens is 340 g/mol. The quantitative estimate of drug-likeness (QED) is 0.565. The van der Waals surface area contributed by atoms with Crippen LogP contribution in [0.25, 0.3) is 0 Å². The Bertz CT molecular complexity index is 618. The van der Waals surface area contributed by atoms with E-state index in [1.165, 1.54) is 7.11 Å². The third-order valence-electron chi connectivity index (χ3n) is 2.43. The van der Waals surface area contributed by atoms with Crippen molar-refractivity contribution in [2.45, 2.75) is 13.3 Å². The lowest BCUT2D eigenvalue weighted by atomic mass is 10.2. The van der Waals surface area contributed by atoms with Crippen molar-refractivity contribution in [3.63, 3.8) is 0 Å². The number of carboxylic acids is 2. The highest BCUT2D eigenvalue weighted by atomic mass is 16.5. The minimum absolute atomic E-state index is 0.168. The van der Waals surface area contributed by atoms with Crippen LogP contribution in [0.3, 0.4) is 0 Å². The number of hydrogen-bond acceptors (Lipinski definition) is 5. The molecule has 0 amide bonds. The van der Waals surface area contributed by atoms with Crippen LogP contribution in [-0.2, 0) is 19.1 Å². The molecule has 0 aromatic heterocycles. The third-order valence-corrected chi connectivity index (χ3v) is 2.43. The molecule has 7 nitrogen and oxygen atoms in total. The molecule has 0 aliphatic rings. The molecule has 142 valence electrons. The Morgan fingerprint density at radius 2 is 1.62 bits per heavy atom. The summed E-state index contributed by atoms with van der Waals surface area (Å²) in [6.07, 6.45) is 1.17. The number of benzene rings is 1. The normalized spacial score (nSPS) is 8.38. The van der Waals surface area contributed by atoms with Crippen LogP contribution >= 0.6 is 0 Å². The fourth-order valence-corrected chi connectivity index (χ4v) is 1.09. The number of esters is 1. The number of ether oxygens (including phenoxy) is 2. The van der Waals surface area contributed by atoms with E-state index in [-0.39, 0.29) is 11.5 Å². The lowest BCUT2D eigenvalue weighted by molar-refractivity contribution is -0.136. The van der Waals surface area contributed by atoms with E-state index in [4.69, 9.17) is 14.9 Å². The molecule has 0 radical (unpaired) electrons. The number of carboxylic acid groups (broad SMARTS) is 2. The van der Waals surface area contributed by atoms with Crippen molar-refractivity contribution in [1.29, 1.82) is 0 Å². The summed E-state index contributed by atoms with van der Waals surface area (Å²) in [5.41, 5.74) is 0.600. The zero-order valence-electron chi connectivity index (χ0n) is 14.9. The van der Waals surface area contributed by atoms with Gasteiger partial charge in [0, 0.05) is 23.6 Å². The number of hydrogen-bond donors (Lipinski definition) is 2. The Labute approximate surface area is 152 Å². The third kappa shape index (κ3) is 15.5. The summed E-state index contributed by atoms with van der Waals surface area (Å²) >= 11 is 0. The maximum Gasteiger partial charge on any atom is 0.332 e. The monoisotopic (exact) mass is 364 g/mol. The Morgan fingerprint density at radius 3 is 1.92 bits per heavy atom. The van der Waals surface area contributed by atoms with E-state index in [1.54, 1.807) is 6.92 Å². The smallest absolute Gasteiger partial charge is 0.332 e. The number of rotatable bonds is 7. The molecule has 0 bridgehead atoms. The molecule has 26 heavy (non-hydrogen) atoms. The van der Waals surface area contributed by atoms with Gasteiger partial charge in [-0.3, -0.25) is 0 Å². The summed E-state index contributed by atoms with van der Waals surface area (Å²) in [5.74, 6) is -1.56. The van der Waals surface area contributed by atoms with Crippen LogP contribution in [-0.4, -0.2) is 41.8 Å². The first-order chi connectivity index (χ1) is 12.1. The van der Waals surface area contributed by atoms with E-state index in [0.717, 1.165) is 11.8 Å². The number of carbonyl (C=O) groups is 3. The summed E-state index contributed by atoms with van der Waals surface area (Å²) in [7, 11) is 1.33. The standard InChI is InChI=1S/C11H12O3.C5H8O2.C3H4O2/c1-9(11(12)13)7-8-14-10-5-3-2-4-6-10;1-4(2)5(6)7-3;1-2-3(4)5/h2-6H,1,7-8H2,(H,12,13);1H2,2-3H3;2H,1H2,(H,4,5). The second-order valence-electron chi connectivity index (χ2n) is 4.63. The lowest BCUT2D eigenvalue weighted by Crippen LogP contribution is -2.05. The highest BCUT2D eigenvalue weighted by molar-refractivity contribution is 5.86. The molecule has 0 saturated heterocycles. The predicted molar refractivity (Wildman–Crippen MR) is 98.0 cm³/mol. The second-order valence-corrected chi connectivity index (χ2v) is 4.63. The van der Waals surface area contributed by atoms with Crippen LogP contribution in [0.5, 0.6) is 5.75 Å². The highest BCUT2D eigenvalue weighted by Gasteiger charge is 2.03. The van der Waals surface area contributed by atoms with Gasteiger partial charge in [-0.25, -0.2) is 14.4 Å². The molecule has 0 atom stereocenters. The molecule has 0 heterocycles. The van der Waals surface area contributed by atoms with Crippen LogP contribution < -0.4 is 4.74 Å². The lowest BCUT2D eigenvalue weighted by Gasteiger charge is -2.04. The highest BCUT2D eigenvalue weighted by Crippen LogP contribution is 2.09. The van der Waals surface area contributed by atoms with Gasteiger partial charge in [-0.05, 0) is 19.1 Å². The maximum absolute atomic E-state index is 10.4. The van der Waals surface area contributed by atoms with Gasteiger partial charge in [-0.1, -0.05) is 37.9 Å². The predicted octanol–water partition coefficient (Wildman–Crippen LogP) is 3.09. The van der Waals surface area contributed by atoms with Gasteiger partial charge in [-0.15, -0.1) is 0 Å². The van der Waals surface area contributed by atoms with E-state index in [0.29, 0.717) is 18.6 Å². The van der Waals surface area contributed by atoms with Gasteiger partial charge in [0.25, 0.3) is 0 Å². The topological polar surface area (TPSA) is 110 Å². The first-order valence-corrected chi connectivity index (χ1v) is 7.33. The van der Waals surface area contributed by atoms with Crippen LogP contribution in [0, 0.1) is 0 Å². The summed E-state index contributed by atoms with van der Waals surface area (Å²) in [6.45, 7) is 11.7. The van der Waals surface area contributed by atoms with Gasteiger partial charge in [0.2, 0.25) is 0 Å². The first-order valence-electron chi connectivity index (χ1n) is 7.33. The summed E-state index contributed by atoms with van der Waals surface area (Å²) in [4.78, 5) is 29.8. The molecule has 1 rings (SSSR count). The van der Waals surface area contributed by atoms with Crippen LogP contribution in [0.2, 0.25) is 0 Å². The number of methoxy groups -OCH3 is 1. The number of carbonyl (C=O) groups excluding carboxylic acids is 1. The molecule has 0 saturated carbocycles. The van der Waals surface area contributed by atoms with Gasteiger partial charge in [0.1, 0.15) is 5.75 Å². The molecule has 1 aromatic rings. The van der Waals surface area contributed by atoms with E-state index in [9.17, 15) is 14.4 Å². The Kier molecular flexibility index (Phi) is 14.5. The van der Waals surface area contributed by atoms with Gasteiger partial charge in [-0.2, -0.15) is 0 Å². The van der Waals surface area contributed by atoms with Crippen molar-refractivity contribution < 1.29 is 34.1 Å². The SMILES string of the molecule is C=C(C)C(=O)OC.C=C(CCOc1ccccc1)C(=O)O.C=CC(=O)O. The van der Waals surface area contributed by atoms with Gasteiger partial charge in [0.05, 0.1) is 13.7 Å². The van der Waals surface area contributed by atoms with E-state index in [1.807, 2.05) is 30.3 Å². The molecule has 0 spiro atoms. The average molecular weight is 364 g/mol. The van der Waals surface area contributed by atoms with Gasteiger partial charge >= 0.3 is 17.9 Å². The van der Waals surface area contributed by atoms with Crippen LogP contribution in [0.15, 0.2) is 67.3 Å². The molecule has 0 unspecified atom stereocenters. The minimum atomic E-state index is -0.981. The van der Waals surface area contributed by atoms with Crippen molar-refractivity contribution in [3.05, 3.63) is 67.3 Å². The average Bonchev–Trinajstić information content (AvgIpc) is 2.62.